The SMILES string of the molecule is CCn1c(SCCC(=O)Nc2ccccc2C(=O)OC)nc2ccccc2c1=O. The van der Waals surface area contributed by atoms with Crippen LogP contribution in [0, 0.1) is 0 Å². The van der Waals surface area contributed by atoms with E-state index in [0.29, 0.717) is 39.6 Å². The van der Waals surface area contributed by atoms with Crippen molar-refractivity contribution >= 4 is 40.2 Å². The number of ether oxygens (including phenoxy) is 1. The third-order valence-corrected chi connectivity index (χ3v) is 5.29. The molecule has 2 aromatic carbocycles. The number of rotatable bonds is 7. The van der Waals surface area contributed by atoms with Gasteiger partial charge in [0.2, 0.25) is 5.91 Å². The van der Waals surface area contributed by atoms with Crippen LogP contribution in [0.25, 0.3) is 10.9 Å². The Morgan fingerprint density at radius 3 is 2.62 bits per heavy atom. The van der Waals surface area contributed by atoms with E-state index in [1.165, 1.54) is 18.9 Å². The molecule has 29 heavy (non-hydrogen) atoms. The smallest absolute Gasteiger partial charge is 0.339 e. The highest BCUT2D eigenvalue weighted by atomic mass is 32.2. The number of benzene rings is 2. The molecule has 0 saturated carbocycles. The number of carbonyl (C=O) groups is 2. The van der Waals surface area contributed by atoms with Gasteiger partial charge in [0.25, 0.3) is 5.56 Å². The lowest BCUT2D eigenvalue weighted by atomic mass is 10.2. The van der Waals surface area contributed by atoms with E-state index >= 15 is 0 Å². The van der Waals surface area contributed by atoms with E-state index in [0.717, 1.165) is 0 Å². The number of aromatic nitrogens is 2. The molecule has 7 nitrogen and oxygen atoms in total. The van der Waals surface area contributed by atoms with Gasteiger partial charge in [-0.3, -0.25) is 14.2 Å². The van der Waals surface area contributed by atoms with Gasteiger partial charge in [0.15, 0.2) is 5.16 Å². The fourth-order valence-corrected chi connectivity index (χ4v) is 3.87. The van der Waals surface area contributed by atoms with E-state index in [-0.39, 0.29) is 17.9 Å². The molecule has 8 heteroatoms. The maximum atomic E-state index is 12.6. The second-order valence-corrected chi connectivity index (χ2v) is 7.21. The van der Waals surface area contributed by atoms with Crippen molar-refractivity contribution in [2.24, 2.45) is 0 Å². The third-order valence-electron chi connectivity index (χ3n) is 4.31. The van der Waals surface area contributed by atoms with Crippen LogP contribution in [0.1, 0.15) is 23.7 Å². The average Bonchev–Trinajstić information content (AvgIpc) is 2.74. The van der Waals surface area contributed by atoms with Crippen LogP contribution >= 0.6 is 11.8 Å². The van der Waals surface area contributed by atoms with Crippen LogP contribution in [0.2, 0.25) is 0 Å². The van der Waals surface area contributed by atoms with Crippen LogP contribution in [0.4, 0.5) is 5.69 Å². The Bertz CT molecular complexity index is 1110. The highest BCUT2D eigenvalue weighted by molar-refractivity contribution is 7.99. The minimum Gasteiger partial charge on any atom is -0.465 e. The summed E-state index contributed by atoms with van der Waals surface area (Å²) in [4.78, 5) is 41.3. The number of methoxy groups -OCH3 is 1. The van der Waals surface area contributed by atoms with Crippen molar-refractivity contribution in [3.63, 3.8) is 0 Å². The maximum Gasteiger partial charge on any atom is 0.339 e. The molecule has 0 aliphatic heterocycles. The Kier molecular flexibility index (Phi) is 6.66. The van der Waals surface area contributed by atoms with Gasteiger partial charge in [-0.25, -0.2) is 9.78 Å². The summed E-state index contributed by atoms with van der Waals surface area (Å²) < 4.78 is 6.34. The first kappa shape index (κ1) is 20.6. The molecule has 1 aromatic heterocycles. The first-order valence-electron chi connectivity index (χ1n) is 9.14. The Hall–Kier alpha value is -3.13. The second-order valence-electron chi connectivity index (χ2n) is 6.14. The lowest BCUT2D eigenvalue weighted by molar-refractivity contribution is -0.115. The normalized spacial score (nSPS) is 10.7. The summed E-state index contributed by atoms with van der Waals surface area (Å²) in [7, 11) is 1.29. The quantitative estimate of drug-likeness (QED) is 0.364. The molecule has 0 bridgehead atoms. The number of nitrogens with zero attached hydrogens (tertiary/aromatic N) is 2. The van der Waals surface area contributed by atoms with Crippen molar-refractivity contribution in [2.45, 2.75) is 25.0 Å². The molecular formula is C21H21N3O4S. The van der Waals surface area contributed by atoms with Gasteiger partial charge < -0.3 is 10.1 Å². The van der Waals surface area contributed by atoms with Crippen LogP contribution in [-0.4, -0.2) is 34.3 Å². The Balaban J connectivity index is 1.69. The van der Waals surface area contributed by atoms with Gasteiger partial charge in [0.05, 0.1) is 29.3 Å². The average molecular weight is 411 g/mol. The van der Waals surface area contributed by atoms with E-state index in [9.17, 15) is 14.4 Å². The molecule has 3 rings (SSSR count). The summed E-state index contributed by atoms with van der Waals surface area (Å²) in [6.45, 7) is 2.38. The van der Waals surface area contributed by atoms with Crippen LogP contribution in [0.3, 0.4) is 0 Å². The Morgan fingerprint density at radius 2 is 1.86 bits per heavy atom. The number of nitrogens with one attached hydrogen (secondary N) is 1. The molecule has 0 fully saturated rings. The second kappa shape index (κ2) is 9.38. The van der Waals surface area contributed by atoms with E-state index in [1.54, 1.807) is 41.0 Å². The van der Waals surface area contributed by atoms with Gasteiger partial charge in [0, 0.05) is 18.7 Å². The van der Waals surface area contributed by atoms with Gasteiger partial charge >= 0.3 is 5.97 Å². The fraction of sp³-hybridized carbons (Fsp3) is 0.238. The standard InChI is InChI=1S/C21H21N3O4S/c1-3-24-19(26)14-8-4-6-10-16(14)23-21(24)29-13-12-18(25)22-17-11-7-5-9-15(17)20(27)28-2/h4-11H,3,12-13H2,1-2H3,(H,22,25). The monoisotopic (exact) mass is 411 g/mol. The van der Waals surface area contributed by atoms with Crippen molar-refractivity contribution in [1.82, 2.24) is 9.55 Å². The van der Waals surface area contributed by atoms with Gasteiger partial charge in [-0.05, 0) is 31.2 Å². The lowest BCUT2D eigenvalue weighted by Gasteiger charge is -2.12. The molecule has 3 aromatic rings. The number of carbonyl (C=O) groups excluding carboxylic acids is 2. The predicted octanol–water partition coefficient (Wildman–Crippen LogP) is 3.32. The summed E-state index contributed by atoms with van der Waals surface area (Å²) in [6, 6.07) is 13.9. The number of fused-ring (bicyclic) bond motifs is 1. The molecular weight excluding hydrogens is 390 g/mol. The number of hydrogen-bond acceptors (Lipinski definition) is 6. The fourth-order valence-electron chi connectivity index (χ4n) is 2.86. The van der Waals surface area contributed by atoms with E-state index in [4.69, 9.17) is 4.74 Å². The molecule has 0 atom stereocenters. The lowest BCUT2D eigenvalue weighted by Crippen LogP contribution is -2.22. The highest BCUT2D eigenvalue weighted by Crippen LogP contribution is 2.20. The van der Waals surface area contributed by atoms with Crippen LogP contribution in [0.5, 0.6) is 0 Å². The van der Waals surface area contributed by atoms with Gasteiger partial charge in [-0.15, -0.1) is 0 Å². The number of para-hydroxylation sites is 2. The zero-order valence-electron chi connectivity index (χ0n) is 16.2. The maximum absolute atomic E-state index is 12.6. The number of amides is 1. The molecule has 0 aliphatic carbocycles. The predicted molar refractivity (Wildman–Crippen MR) is 113 cm³/mol. The van der Waals surface area contributed by atoms with Crippen molar-refractivity contribution in [1.29, 1.82) is 0 Å². The zero-order chi connectivity index (χ0) is 20.8. The number of hydrogen-bond donors (Lipinski definition) is 1. The van der Waals surface area contributed by atoms with Crippen molar-refractivity contribution < 1.29 is 14.3 Å². The summed E-state index contributed by atoms with van der Waals surface area (Å²) in [6.07, 6.45) is 0.201. The van der Waals surface area contributed by atoms with Gasteiger partial charge in [-0.2, -0.15) is 0 Å². The van der Waals surface area contributed by atoms with E-state index in [1.807, 2.05) is 19.1 Å². The molecule has 0 saturated heterocycles. The summed E-state index contributed by atoms with van der Waals surface area (Å²) in [5.41, 5.74) is 1.26. The molecule has 0 aliphatic rings. The van der Waals surface area contributed by atoms with Crippen molar-refractivity contribution in [3.8, 4) is 0 Å². The van der Waals surface area contributed by atoms with Crippen LogP contribution in [0.15, 0.2) is 58.5 Å². The number of esters is 1. The Labute approximate surface area is 172 Å². The summed E-state index contributed by atoms with van der Waals surface area (Å²) in [5.74, 6) is -0.306. The topological polar surface area (TPSA) is 90.3 Å². The molecule has 0 unspecified atom stereocenters. The van der Waals surface area contributed by atoms with Crippen LogP contribution < -0.4 is 10.9 Å². The summed E-state index contributed by atoms with van der Waals surface area (Å²) >= 11 is 1.35. The first-order valence-corrected chi connectivity index (χ1v) is 10.1. The molecule has 1 heterocycles. The molecule has 1 N–H and O–H groups in total. The molecule has 1 amide bonds. The van der Waals surface area contributed by atoms with Crippen molar-refractivity contribution in [2.75, 3.05) is 18.2 Å². The third kappa shape index (κ3) is 4.65. The Morgan fingerprint density at radius 1 is 1.14 bits per heavy atom. The van der Waals surface area contributed by atoms with Crippen LogP contribution in [-0.2, 0) is 16.1 Å². The van der Waals surface area contributed by atoms with E-state index < -0.39 is 5.97 Å². The molecule has 0 radical (unpaired) electrons. The van der Waals surface area contributed by atoms with Crippen molar-refractivity contribution in [3.05, 3.63) is 64.4 Å². The number of thioether (sulfide) groups is 1. The van der Waals surface area contributed by atoms with Gasteiger partial charge in [0.1, 0.15) is 0 Å². The summed E-state index contributed by atoms with van der Waals surface area (Å²) in [5, 5.41) is 3.90. The number of anilines is 1. The highest BCUT2D eigenvalue weighted by Gasteiger charge is 2.14. The van der Waals surface area contributed by atoms with Gasteiger partial charge in [-0.1, -0.05) is 36.0 Å². The van der Waals surface area contributed by atoms with E-state index in [2.05, 4.69) is 10.3 Å². The minimum absolute atomic E-state index is 0.0861. The molecule has 0 spiro atoms. The zero-order valence-corrected chi connectivity index (χ0v) is 17.0. The minimum atomic E-state index is -0.511. The largest absolute Gasteiger partial charge is 0.465 e. The first-order chi connectivity index (χ1) is 14.0. The molecule has 150 valence electrons.